The summed E-state index contributed by atoms with van der Waals surface area (Å²) in [4.78, 5) is 23.4. The fraction of sp³-hybridized carbons (Fsp3) is 0.0476. The van der Waals surface area contributed by atoms with E-state index in [0.717, 1.165) is 4.31 Å². The van der Waals surface area contributed by atoms with Crippen LogP contribution in [0.3, 0.4) is 0 Å². The average molecular weight is 410 g/mol. The van der Waals surface area contributed by atoms with Crippen molar-refractivity contribution in [2.24, 2.45) is 0 Å². The third kappa shape index (κ3) is 4.44. The molecule has 1 amide bonds. The third-order valence-electron chi connectivity index (χ3n) is 4.28. The number of carbonyl (C=O) groups is 2. The van der Waals surface area contributed by atoms with Crippen LogP contribution in [0.1, 0.15) is 20.7 Å². The Kier molecular flexibility index (Phi) is 5.65. The van der Waals surface area contributed by atoms with Gasteiger partial charge in [-0.1, -0.05) is 18.2 Å². The normalized spacial score (nSPS) is 10.9. The van der Waals surface area contributed by atoms with Gasteiger partial charge in [-0.15, -0.1) is 0 Å². The number of carboxylic acid groups (broad SMARTS) is 1. The van der Waals surface area contributed by atoms with Gasteiger partial charge in [-0.2, -0.15) is 0 Å². The molecule has 0 aliphatic heterocycles. The van der Waals surface area contributed by atoms with E-state index in [2.05, 4.69) is 5.32 Å². The Hall–Kier alpha value is -3.65. The van der Waals surface area contributed by atoms with Crippen molar-refractivity contribution in [1.82, 2.24) is 0 Å². The highest BCUT2D eigenvalue weighted by Crippen LogP contribution is 2.22. The van der Waals surface area contributed by atoms with Crippen LogP contribution in [0, 0.1) is 0 Å². The number of carboxylic acids is 1. The molecular formula is C21H18N2O5S. The van der Waals surface area contributed by atoms with E-state index in [-0.39, 0.29) is 10.5 Å². The zero-order chi connectivity index (χ0) is 21.0. The summed E-state index contributed by atoms with van der Waals surface area (Å²) in [5, 5.41) is 11.6. The van der Waals surface area contributed by atoms with E-state index >= 15 is 0 Å². The molecule has 0 aliphatic rings. The molecule has 3 rings (SSSR count). The number of hydrogen-bond acceptors (Lipinski definition) is 4. The molecule has 0 aromatic heterocycles. The molecule has 0 heterocycles. The van der Waals surface area contributed by atoms with Crippen molar-refractivity contribution >= 4 is 33.3 Å². The van der Waals surface area contributed by atoms with E-state index in [1.54, 1.807) is 30.3 Å². The largest absolute Gasteiger partial charge is 0.478 e. The number of hydrogen-bond donors (Lipinski definition) is 2. The Balaban J connectivity index is 1.74. The maximum absolute atomic E-state index is 12.7. The van der Waals surface area contributed by atoms with Crippen LogP contribution in [0.25, 0.3) is 0 Å². The van der Waals surface area contributed by atoms with Crippen molar-refractivity contribution in [3.05, 3.63) is 90.0 Å². The van der Waals surface area contributed by atoms with Crippen LogP contribution in [0.4, 0.5) is 11.4 Å². The summed E-state index contributed by atoms with van der Waals surface area (Å²) in [5.74, 6) is -1.44. The second-order valence-corrected chi connectivity index (χ2v) is 8.14. The predicted molar refractivity (Wildman–Crippen MR) is 110 cm³/mol. The Labute approximate surface area is 168 Å². The first-order valence-corrected chi connectivity index (χ1v) is 10.0. The van der Waals surface area contributed by atoms with Gasteiger partial charge in [0.05, 0.1) is 16.1 Å². The molecule has 3 aromatic carbocycles. The van der Waals surface area contributed by atoms with Gasteiger partial charge in [0.15, 0.2) is 0 Å². The molecule has 0 atom stereocenters. The maximum Gasteiger partial charge on any atom is 0.335 e. The number of anilines is 2. The van der Waals surface area contributed by atoms with Gasteiger partial charge in [-0.25, -0.2) is 13.2 Å². The van der Waals surface area contributed by atoms with Gasteiger partial charge in [0.2, 0.25) is 0 Å². The van der Waals surface area contributed by atoms with Crippen molar-refractivity contribution in [3.63, 3.8) is 0 Å². The van der Waals surface area contributed by atoms with Crippen LogP contribution in [-0.2, 0) is 10.0 Å². The molecule has 0 saturated carbocycles. The van der Waals surface area contributed by atoms with Crippen LogP contribution in [0.5, 0.6) is 0 Å². The molecule has 0 unspecified atom stereocenters. The van der Waals surface area contributed by atoms with Crippen LogP contribution >= 0.6 is 0 Å². The van der Waals surface area contributed by atoms with E-state index in [4.69, 9.17) is 5.11 Å². The van der Waals surface area contributed by atoms with Gasteiger partial charge < -0.3 is 10.4 Å². The van der Waals surface area contributed by atoms with Crippen LogP contribution in [-0.4, -0.2) is 32.4 Å². The minimum atomic E-state index is -3.70. The quantitative estimate of drug-likeness (QED) is 0.648. The summed E-state index contributed by atoms with van der Waals surface area (Å²) in [6, 6.07) is 20.0. The molecule has 2 N–H and O–H groups in total. The number of sulfonamides is 1. The molecule has 0 aliphatic carbocycles. The Morgan fingerprint density at radius 2 is 1.38 bits per heavy atom. The van der Waals surface area contributed by atoms with E-state index in [1.165, 1.54) is 55.6 Å². The lowest BCUT2D eigenvalue weighted by atomic mass is 10.1. The summed E-state index contributed by atoms with van der Waals surface area (Å²) in [7, 11) is -2.25. The van der Waals surface area contributed by atoms with Gasteiger partial charge in [0.1, 0.15) is 0 Å². The van der Waals surface area contributed by atoms with Crippen LogP contribution in [0.15, 0.2) is 83.8 Å². The molecule has 0 bridgehead atoms. The van der Waals surface area contributed by atoms with Gasteiger partial charge >= 0.3 is 5.97 Å². The van der Waals surface area contributed by atoms with E-state index in [9.17, 15) is 18.0 Å². The number of amides is 1. The molecule has 0 spiro atoms. The standard InChI is InChI=1S/C21H18N2O5S/c1-23(29(27,28)19-5-3-2-4-6-19)18-13-9-15(10-14-18)20(24)22-17-11-7-16(8-12-17)21(25)26/h2-14H,1H3,(H,22,24)(H,25,26). The van der Waals surface area contributed by atoms with Gasteiger partial charge in [-0.05, 0) is 60.7 Å². The summed E-state index contributed by atoms with van der Waals surface area (Å²) in [5.41, 5.74) is 1.32. The molecule has 0 radical (unpaired) electrons. The topological polar surface area (TPSA) is 104 Å². The highest BCUT2D eigenvalue weighted by atomic mass is 32.2. The van der Waals surface area contributed by atoms with Crippen molar-refractivity contribution in [3.8, 4) is 0 Å². The average Bonchev–Trinajstić information content (AvgIpc) is 2.74. The Bertz CT molecular complexity index is 1130. The molecule has 7 nitrogen and oxygen atoms in total. The smallest absolute Gasteiger partial charge is 0.335 e. The zero-order valence-corrected chi connectivity index (χ0v) is 16.3. The predicted octanol–water partition coefficient (Wildman–Crippen LogP) is 3.46. The first-order valence-electron chi connectivity index (χ1n) is 8.58. The molecule has 0 saturated heterocycles. The van der Waals surface area contributed by atoms with E-state index < -0.39 is 21.9 Å². The number of rotatable bonds is 6. The Morgan fingerprint density at radius 1 is 0.828 bits per heavy atom. The Morgan fingerprint density at radius 3 is 1.93 bits per heavy atom. The van der Waals surface area contributed by atoms with Crippen LogP contribution in [0.2, 0.25) is 0 Å². The molecule has 148 valence electrons. The summed E-state index contributed by atoms with van der Waals surface area (Å²) >= 11 is 0. The van der Waals surface area contributed by atoms with Gasteiger partial charge in [0, 0.05) is 18.3 Å². The second-order valence-electron chi connectivity index (χ2n) is 6.17. The summed E-state index contributed by atoms with van der Waals surface area (Å²) in [6.45, 7) is 0. The molecule has 3 aromatic rings. The number of nitrogens with one attached hydrogen (secondary N) is 1. The molecule has 0 fully saturated rings. The zero-order valence-electron chi connectivity index (χ0n) is 15.4. The maximum atomic E-state index is 12.7. The summed E-state index contributed by atoms with van der Waals surface area (Å²) in [6.07, 6.45) is 0. The fourth-order valence-corrected chi connectivity index (χ4v) is 3.83. The van der Waals surface area contributed by atoms with Gasteiger partial charge in [0.25, 0.3) is 15.9 Å². The van der Waals surface area contributed by atoms with Crippen molar-refractivity contribution in [2.75, 3.05) is 16.7 Å². The summed E-state index contributed by atoms with van der Waals surface area (Å²) < 4.78 is 26.5. The minimum Gasteiger partial charge on any atom is -0.478 e. The third-order valence-corrected chi connectivity index (χ3v) is 6.08. The van der Waals surface area contributed by atoms with Crippen molar-refractivity contribution < 1.29 is 23.1 Å². The monoisotopic (exact) mass is 410 g/mol. The highest BCUT2D eigenvalue weighted by Gasteiger charge is 2.21. The van der Waals surface area contributed by atoms with Crippen molar-refractivity contribution in [1.29, 1.82) is 0 Å². The van der Waals surface area contributed by atoms with Crippen molar-refractivity contribution in [2.45, 2.75) is 4.90 Å². The molecular weight excluding hydrogens is 392 g/mol. The lowest BCUT2D eigenvalue weighted by molar-refractivity contribution is 0.0696. The van der Waals surface area contributed by atoms with E-state index in [1.807, 2.05) is 0 Å². The number of aromatic carboxylic acids is 1. The first-order chi connectivity index (χ1) is 13.8. The van der Waals surface area contributed by atoms with E-state index in [0.29, 0.717) is 16.9 Å². The molecule has 8 heteroatoms. The minimum absolute atomic E-state index is 0.120. The highest BCUT2D eigenvalue weighted by molar-refractivity contribution is 7.92. The molecule has 29 heavy (non-hydrogen) atoms. The lowest BCUT2D eigenvalue weighted by Crippen LogP contribution is -2.26. The number of nitrogens with zero attached hydrogens (tertiary/aromatic N) is 1. The fourth-order valence-electron chi connectivity index (χ4n) is 2.61. The van der Waals surface area contributed by atoms with Crippen LogP contribution < -0.4 is 9.62 Å². The lowest BCUT2D eigenvalue weighted by Gasteiger charge is -2.19. The SMILES string of the molecule is CN(c1ccc(C(=O)Nc2ccc(C(=O)O)cc2)cc1)S(=O)(=O)c1ccccc1. The van der Waals surface area contributed by atoms with Gasteiger partial charge in [-0.3, -0.25) is 9.10 Å². The second kappa shape index (κ2) is 8.15. The number of carbonyl (C=O) groups excluding carboxylic acids is 1. The first kappa shape index (κ1) is 20.1. The number of benzene rings is 3.